The Bertz CT molecular complexity index is 1630. The number of hydrogen-bond donors (Lipinski definition) is 1. The third kappa shape index (κ3) is 20.7. The van der Waals surface area contributed by atoms with E-state index in [1.807, 2.05) is 0 Å². The molecule has 18 nitrogen and oxygen atoms in total. The van der Waals surface area contributed by atoms with Crippen molar-refractivity contribution in [1.82, 2.24) is 0 Å². The highest BCUT2D eigenvalue weighted by Crippen LogP contribution is 2.35. The summed E-state index contributed by atoms with van der Waals surface area (Å²) >= 11 is 0. The highest BCUT2D eigenvalue weighted by atomic mass is 16.8. The SMILES string of the molecule is CCCCCCCCCCCCCCCCCC(=O)O[C@@H]1[C@@H](O[C@H]2O[C@H](COC(C)=O)[C@@H](OC(C)=O)[C@H](O)[C@H]2N=[N+]=[N-])[C@@H](OC(=O)c2ccccc2)[C@H](OCCCCCC(=O)OC)O[C@H]1C. The average Bonchev–Trinajstić information content (AvgIpc) is 3.29. The van der Waals surface area contributed by atoms with Crippen LogP contribution in [0.25, 0.3) is 10.4 Å². The van der Waals surface area contributed by atoms with Gasteiger partial charge in [0.25, 0.3) is 0 Å². The van der Waals surface area contributed by atoms with Crippen LogP contribution >= 0.6 is 0 Å². The van der Waals surface area contributed by atoms with E-state index in [0.29, 0.717) is 25.7 Å². The second-order valence-electron chi connectivity index (χ2n) is 17.1. The van der Waals surface area contributed by atoms with E-state index in [1.54, 1.807) is 37.3 Å². The molecule has 1 aromatic carbocycles. The molecule has 2 saturated heterocycles. The van der Waals surface area contributed by atoms with Gasteiger partial charge in [0.05, 0.1) is 18.8 Å². The lowest BCUT2D eigenvalue weighted by Crippen LogP contribution is -2.65. The minimum absolute atomic E-state index is 0.0860. The molecule has 2 aliphatic rings. The number of azide groups is 1. The van der Waals surface area contributed by atoms with Gasteiger partial charge in [0.2, 0.25) is 0 Å². The van der Waals surface area contributed by atoms with E-state index in [0.717, 1.165) is 39.5 Å². The Morgan fingerprint density at radius 3 is 1.82 bits per heavy atom. The molecule has 3 rings (SSSR count). The van der Waals surface area contributed by atoms with Gasteiger partial charge in [0.1, 0.15) is 31.0 Å². The number of methoxy groups -OCH3 is 1. The molecule has 1 N–H and O–H groups in total. The monoisotopic (exact) mass is 934 g/mol. The number of carbonyl (C=O) groups is 5. The summed E-state index contributed by atoms with van der Waals surface area (Å²) in [4.78, 5) is 65.9. The smallest absolute Gasteiger partial charge is 0.338 e. The fraction of sp³-hybridized carbons (Fsp3) is 0.771. The number of nitrogens with zero attached hydrogens (tertiary/aromatic N) is 3. The van der Waals surface area contributed by atoms with E-state index in [1.165, 1.54) is 71.3 Å². The van der Waals surface area contributed by atoms with Gasteiger partial charge in [0.15, 0.2) is 30.9 Å². The van der Waals surface area contributed by atoms with E-state index >= 15 is 0 Å². The highest BCUT2D eigenvalue weighted by molar-refractivity contribution is 5.89. The van der Waals surface area contributed by atoms with Crippen molar-refractivity contribution in [2.75, 3.05) is 20.3 Å². The van der Waals surface area contributed by atoms with Crippen LogP contribution in [0.3, 0.4) is 0 Å². The van der Waals surface area contributed by atoms with Crippen molar-refractivity contribution < 1.29 is 71.7 Å². The molecule has 0 aliphatic carbocycles. The van der Waals surface area contributed by atoms with Crippen LogP contribution in [0.15, 0.2) is 35.4 Å². The molecule has 0 aromatic heterocycles. The lowest BCUT2D eigenvalue weighted by Gasteiger charge is -2.48. The molecule has 0 bridgehead atoms. The maximum atomic E-state index is 13.8. The first kappa shape index (κ1) is 56.0. The molecular weight excluding hydrogens is 859 g/mol. The molecule has 0 unspecified atom stereocenters. The Balaban J connectivity index is 1.81. The molecule has 2 heterocycles. The normalized spacial score (nSPS) is 24.9. The second kappa shape index (κ2) is 32.4. The van der Waals surface area contributed by atoms with Crippen molar-refractivity contribution in [2.45, 2.75) is 217 Å². The predicted octanol–water partition coefficient (Wildman–Crippen LogP) is 8.52. The summed E-state index contributed by atoms with van der Waals surface area (Å²) in [5.74, 6) is -3.18. The molecule has 10 atom stereocenters. The Kier molecular flexibility index (Phi) is 27.5. The standard InChI is InChI=1S/C48H75N3O15/c1-6-7-8-9-10-11-12-13-14-15-16-17-18-19-24-30-39(55)64-42-33(2)61-48(59-31-26-21-25-29-38(54)58-5)45(65-46(57)36-27-22-20-23-28-36)44(42)66-47-40(50-51-49)41(56)43(62-35(4)53)37(63-47)32-60-34(3)52/h20,22-23,27-28,33,37,40-45,47-48,56H,6-19,21,24-26,29-32H2,1-5H3/t33-,37+,40+,41+,42-,43+,44+,45+,47+,48+/m0/s1. The lowest BCUT2D eigenvalue weighted by atomic mass is 9.95. The first-order valence-electron chi connectivity index (χ1n) is 24.0. The van der Waals surface area contributed by atoms with Crippen molar-refractivity contribution in [2.24, 2.45) is 5.11 Å². The van der Waals surface area contributed by atoms with Gasteiger partial charge in [-0.1, -0.05) is 127 Å². The summed E-state index contributed by atoms with van der Waals surface area (Å²) in [6, 6.07) is 6.54. The molecule has 0 radical (unpaired) electrons. The molecule has 2 aliphatic heterocycles. The van der Waals surface area contributed by atoms with Crippen LogP contribution in [0.2, 0.25) is 0 Å². The minimum atomic E-state index is -1.74. The Morgan fingerprint density at radius 1 is 0.682 bits per heavy atom. The maximum absolute atomic E-state index is 13.8. The fourth-order valence-electron chi connectivity index (χ4n) is 8.04. The number of rotatable bonds is 32. The minimum Gasteiger partial charge on any atom is -0.469 e. The molecule has 18 heteroatoms. The van der Waals surface area contributed by atoms with E-state index in [-0.39, 0.29) is 31.0 Å². The zero-order chi connectivity index (χ0) is 48.1. The van der Waals surface area contributed by atoms with E-state index < -0.39 is 91.8 Å². The van der Waals surface area contributed by atoms with Crippen LogP contribution in [0.1, 0.15) is 166 Å². The summed E-state index contributed by atoms with van der Waals surface area (Å²) in [6.07, 6.45) is 6.86. The zero-order valence-electron chi connectivity index (χ0n) is 39.7. The van der Waals surface area contributed by atoms with Crippen molar-refractivity contribution in [3.63, 3.8) is 0 Å². The summed E-state index contributed by atoms with van der Waals surface area (Å²) in [6.45, 7) is 5.73. The van der Waals surface area contributed by atoms with Gasteiger partial charge in [-0.3, -0.25) is 19.2 Å². The lowest BCUT2D eigenvalue weighted by molar-refractivity contribution is -0.342. The number of aliphatic hydroxyl groups excluding tert-OH is 1. The van der Waals surface area contributed by atoms with Gasteiger partial charge in [-0.2, -0.15) is 0 Å². The first-order valence-corrected chi connectivity index (χ1v) is 24.0. The van der Waals surface area contributed by atoms with E-state index in [9.17, 15) is 34.6 Å². The summed E-state index contributed by atoms with van der Waals surface area (Å²) in [5.41, 5.74) is 9.79. The summed E-state index contributed by atoms with van der Waals surface area (Å²) in [7, 11) is 1.32. The third-order valence-corrected chi connectivity index (χ3v) is 11.6. The molecular formula is C48H75N3O15. The number of esters is 5. The molecule has 372 valence electrons. The van der Waals surface area contributed by atoms with Gasteiger partial charge < -0.3 is 47.7 Å². The van der Waals surface area contributed by atoms with Crippen LogP contribution in [0.4, 0.5) is 0 Å². The highest BCUT2D eigenvalue weighted by Gasteiger charge is 2.55. The van der Waals surface area contributed by atoms with Crippen LogP contribution in [0, 0.1) is 0 Å². The number of aliphatic hydroxyl groups is 1. The van der Waals surface area contributed by atoms with E-state index in [4.69, 9.17) is 42.6 Å². The zero-order valence-corrected chi connectivity index (χ0v) is 39.7. The summed E-state index contributed by atoms with van der Waals surface area (Å²) < 4.78 is 52.6. The molecule has 0 saturated carbocycles. The Morgan fingerprint density at radius 2 is 1.26 bits per heavy atom. The van der Waals surface area contributed by atoms with Gasteiger partial charge in [0, 0.05) is 38.2 Å². The molecule has 2 fully saturated rings. The predicted molar refractivity (Wildman–Crippen MR) is 241 cm³/mol. The first-order chi connectivity index (χ1) is 31.9. The van der Waals surface area contributed by atoms with Crippen molar-refractivity contribution in [3.8, 4) is 0 Å². The molecule has 1 aromatic rings. The topological polar surface area (TPSA) is 237 Å². The number of benzene rings is 1. The number of ether oxygens (including phenoxy) is 9. The molecule has 0 amide bonds. The fourth-order valence-corrected chi connectivity index (χ4v) is 8.04. The number of hydrogen-bond acceptors (Lipinski definition) is 16. The second-order valence-corrected chi connectivity index (χ2v) is 17.1. The Hall–Kier alpha value is -4.32. The van der Waals surface area contributed by atoms with Gasteiger partial charge in [-0.25, -0.2) is 4.79 Å². The van der Waals surface area contributed by atoms with Gasteiger partial charge >= 0.3 is 29.8 Å². The van der Waals surface area contributed by atoms with Crippen LogP contribution in [-0.2, 0) is 61.8 Å². The van der Waals surface area contributed by atoms with Crippen molar-refractivity contribution in [3.05, 3.63) is 46.3 Å². The maximum Gasteiger partial charge on any atom is 0.338 e. The van der Waals surface area contributed by atoms with Crippen LogP contribution in [-0.4, -0.2) is 117 Å². The van der Waals surface area contributed by atoms with E-state index in [2.05, 4.69) is 16.9 Å². The molecule has 0 spiro atoms. The van der Waals surface area contributed by atoms with Gasteiger partial charge in [-0.05, 0) is 43.9 Å². The largest absolute Gasteiger partial charge is 0.469 e. The average molecular weight is 934 g/mol. The van der Waals surface area contributed by atoms with Crippen molar-refractivity contribution >= 4 is 29.8 Å². The third-order valence-electron chi connectivity index (χ3n) is 11.6. The van der Waals surface area contributed by atoms with Gasteiger partial charge in [-0.15, -0.1) is 0 Å². The Labute approximate surface area is 390 Å². The quantitative estimate of drug-likeness (QED) is 0.0178. The number of carbonyl (C=O) groups excluding carboxylic acids is 5. The summed E-state index contributed by atoms with van der Waals surface area (Å²) in [5, 5.41) is 15.3. The van der Waals surface area contributed by atoms with Crippen LogP contribution < -0.4 is 0 Å². The molecule has 66 heavy (non-hydrogen) atoms. The number of unbranched alkanes of at least 4 members (excludes halogenated alkanes) is 16. The van der Waals surface area contributed by atoms with Crippen LogP contribution in [0.5, 0.6) is 0 Å². The van der Waals surface area contributed by atoms with Crippen molar-refractivity contribution in [1.29, 1.82) is 0 Å².